The van der Waals surface area contributed by atoms with E-state index in [-0.39, 0.29) is 0 Å². The van der Waals surface area contributed by atoms with Gasteiger partial charge in [-0.25, -0.2) is 0 Å². The third-order valence-electron chi connectivity index (χ3n) is 15.4. The largest absolute Gasteiger partial charge is 0.456 e. The summed E-state index contributed by atoms with van der Waals surface area (Å²) in [4.78, 5) is 9.32. The van der Waals surface area contributed by atoms with Crippen molar-refractivity contribution < 1.29 is 8.83 Å². The van der Waals surface area contributed by atoms with Crippen LogP contribution in [0.4, 0.5) is 68.2 Å². The smallest absolute Gasteiger partial charge is 0.135 e. The molecule has 0 amide bonds. The molecule has 0 fully saturated rings. The fourth-order valence-corrected chi connectivity index (χ4v) is 11.8. The van der Waals surface area contributed by atoms with E-state index in [2.05, 4.69) is 285 Å². The van der Waals surface area contributed by atoms with Gasteiger partial charge in [0.25, 0.3) is 0 Å². The Morgan fingerprint density at radius 1 is 0.280 bits per heavy atom. The van der Waals surface area contributed by atoms with Crippen molar-refractivity contribution in [2.24, 2.45) is 0 Å². The summed E-state index contributed by atoms with van der Waals surface area (Å²) in [6, 6.07) is 93.9. The monoisotopic (exact) mass is 1080 g/mol. The van der Waals surface area contributed by atoms with Crippen molar-refractivity contribution in [3.8, 4) is 22.6 Å². The van der Waals surface area contributed by atoms with Gasteiger partial charge in [0.2, 0.25) is 0 Å². The zero-order chi connectivity index (χ0) is 55.8. The van der Waals surface area contributed by atoms with Crippen LogP contribution < -0.4 is 19.6 Å². The molecule has 13 aromatic rings. The number of furan rings is 2. The van der Waals surface area contributed by atoms with Gasteiger partial charge in [0.1, 0.15) is 22.7 Å². The number of hydrogen-bond acceptors (Lipinski definition) is 6. The zero-order valence-corrected chi connectivity index (χ0v) is 47.1. The van der Waals surface area contributed by atoms with Crippen LogP contribution in [-0.4, -0.2) is 0 Å². The van der Waals surface area contributed by atoms with E-state index >= 15 is 0 Å². The Kier molecular flexibility index (Phi) is 13.7. The van der Waals surface area contributed by atoms with Crippen molar-refractivity contribution in [3.05, 3.63) is 300 Å². The first-order valence-corrected chi connectivity index (χ1v) is 28.1. The van der Waals surface area contributed by atoms with Crippen molar-refractivity contribution >= 4 is 102 Å². The predicted octanol–water partition coefficient (Wildman–Crippen LogP) is 22.6. The fourth-order valence-electron chi connectivity index (χ4n) is 11.5. The van der Waals surface area contributed by atoms with E-state index in [0.29, 0.717) is 5.02 Å². The molecule has 0 N–H and O–H groups in total. The molecule has 11 aromatic carbocycles. The van der Waals surface area contributed by atoms with Gasteiger partial charge in [0, 0.05) is 67.4 Å². The van der Waals surface area contributed by atoms with Gasteiger partial charge in [-0.1, -0.05) is 133 Å². The van der Waals surface area contributed by atoms with E-state index in [9.17, 15) is 0 Å². The predicted molar refractivity (Wildman–Crippen MR) is 344 cm³/mol. The number of nitrogens with zero attached hydrogens (tertiary/aromatic N) is 4. The number of rotatable bonds is 14. The highest BCUT2D eigenvalue weighted by Crippen LogP contribution is 2.51. The molecule has 0 radical (unpaired) electrons. The normalized spacial score (nSPS) is 11.3. The molecular formula is C75H59ClN4O2. The second kappa shape index (κ2) is 21.9. The number of fused-ring (bicyclic) bond motifs is 2. The zero-order valence-electron chi connectivity index (χ0n) is 46.4. The highest BCUT2D eigenvalue weighted by Gasteiger charge is 2.28. The average molecular weight is 1080 g/mol. The summed E-state index contributed by atoms with van der Waals surface area (Å²) in [6.45, 7) is 10.9. The molecule has 0 aliphatic heterocycles. The minimum Gasteiger partial charge on any atom is -0.456 e. The number of anilines is 12. The average Bonchev–Trinajstić information content (AvgIpc) is 4.05. The molecule has 7 heteroatoms. The lowest BCUT2D eigenvalue weighted by Gasteiger charge is -2.35. The number of para-hydroxylation sites is 6. The minimum absolute atomic E-state index is 0.605. The molecule has 82 heavy (non-hydrogen) atoms. The van der Waals surface area contributed by atoms with Crippen LogP contribution in [0.2, 0.25) is 5.02 Å². The lowest BCUT2D eigenvalue weighted by atomic mass is 10.0. The fraction of sp³-hybridized carbons (Fsp3) is 0.0667. The second-order valence-electron chi connectivity index (χ2n) is 21.0. The maximum atomic E-state index is 8.23. The molecule has 0 saturated carbocycles. The topological polar surface area (TPSA) is 39.2 Å². The number of aryl methyl sites for hydroxylation is 5. The van der Waals surface area contributed by atoms with Crippen LogP contribution in [0.25, 0.3) is 44.6 Å². The van der Waals surface area contributed by atoms with E-state index in [1.54, 1.807) is 0 Å². The van der Waals surface area contributed by atoms with Gasteiger partial charge in [-0.15, -0.1) is 0 Å². The molecule has 0 aliphatic carbocycles. The maximum absolute atomic E-state index is 8.23. The van der Waals surface area contributed by atoms with Gasteiger partial charge in [-0.2, -0.15) is 0 Å². The van der Waals surface area contributed by atoms with Crippen LogP contribution in [0.1, 0.15) is 27.8 Å². The lowest BCUT2D eigenvalue weighted by molar-refractivity contribution is 0.631. The lowest BCUT2D eigenvalue weighted by Crippen LogP contribution is -2.18. The molecule has 0 bridgehead atoms. The van der Waals surface area contributed by atoms with E-state index in [1.165, 1.54) is 0 Å². The first kappa shape index (κ1) is 51.4. The van der Waals surface area contributed by atoms with Crippen molar-refractivity contribution in [1.82, 2.24) is 0 Å². The van der Waals surface area contributed by atoms with Gasteiger partial charge < -0.3 is 28.4 Å². The quantitative estimate of drug-likeness (QED) is 0.108. The van der Waals surface area contributed by atoms with E-state index in [4.69, 9.17) is 20.4 Å². The molecule has 398 valence electrons. The number of benzene rings is 11. The van der Waals surface area contributed by atoms with Crippen molar-refractivity contribution in [3.63, 3.8) is 0 Å². The Morgan fingerprint density at radius 3 is 0.976 bits per heavy atom. The molecule has 0 aliphatic rings. The first-order chi connectivity index (χ1) is 40.1. The van der Waals surface area contributed by atoms with Gasteiger partial charge in [-0.05, 0) is 208 Å². The van der Waals surface area contributed by atoms with E-state index in [0.717, 1.165) is 141 Å². The van der Waals surface area contributed by atoms with Crippen molar-refractivity contribution in [1.29, 1.82) is 0 Å². The Bertz CT molecular complexity index is 4050. The van der Waals surface area contributed by atoms with Crippen LogP contribution in [0, 0.1) is 34.6 Å². The highest BCUT2D eigenvalue weighted by molar-refractivity contribution is 6.37. The summed E-state index contributed by atoms with van der Waals surface area (Å²) >= 11 is 8.23. The number of halogens is 1. The SMILES string of the molecule is Cc1cc(N(c2cccc(N(c3ccccc3)c3ccc(-c4cc5ccccc5o4)cc3)c2)c2c(C)cccc2C)c(Cl)c(N(c2cccc(N(c3ccccc3)c3ccc(-c4cc5ccccc5o4)cc3)c2)c2c(C)cccc2C)c1. The highest BCUT2D eigenvalue weighted by atomic mass is 35.5. The molecule has 13 rings (SSSR count). The number of hydrogen-bond donors (Lipinski definition) is 0. The molecule has 6 nitrogen and oxygen atoms in total. The van der Waals surface area contributed by atoms with Crippen LogP contribution in [-0.2, 0) is 0 Å². The van der Waals surface area contributed by atoms with Gasteiger partial charge in [0.15, 0.2) is 0 Å². The van der Waals surface area contributed by atoms with Gasteiger partial charge in [-0.3, -0.25) is 0 Å². The molecule has 0 saturated heterocycles. The van der Waals surface area contributed by atoms with Gasteiger partial charge in [0.05, 0.1) is 27.8 Å². The second-order valence-corrected chi connectivity index (χ2v) is 21.4. The summed E-state index contributed by atoms with van der Waals surface area (Å²) in [5.74, 6) is 1.67. The van der Waals surface area contributed by atoms with Crippen LogP contribution in [0.5, 0.6) is 0 Å². The molecular weight excluding hydrogens is 1020 g/mol. The minimum atomic E-state index is 0.605. The van der Waals surface area contributed by atoms with Crippen molar-refractivity contribution in [2.75, 3.05) is 19.6 Å². The Balaban J connectivity index is 0.944. The molecule has 2 aromatic heterocycles. The summed E-state index contributed by atoms with van der Waals surface area (Å²) in [5, 5.41) is 2.76. The van der Waals surface area contributed by atoms with Crippen LogP contribution in [0.3, 0.4) is 0 Å². The summed E-state index contributed by atoms with van der Waals surface area (Å²) in [5.41, 5.74) is 21.1. The third-order valence-corrected chi connectivity index (χ3v) is 15.8. The Labute approximate surface area is 484 Å². The maximum Gasteiger partial charge on any atom is 0.135 e. The van der Waals surface area contributed by atoms with E-state index < -0.39 is 0 Å². The summed E-state index contributed by atoms with van der Waals surface area (Å²) in [7, 11) is 0. The third kappa shape index (κ3) is 9.84. The summed E-state index contributed by atoms with van der Waals surface area (Å²) < 4.78 is 12.6. The van der Waals surface area contributed by atoms with Crippen LogP contribution in [0.15, 0.2) is 276 Å². The molecule has 0 atom stereocenters. The van der Waals surface area contributed by atoms with Crippen molar-refractivity contribution in [2.45, 2.75) is 34.6 Å². The summed E-state index contributed by atoms with van der Waals surface area (Å²) in [6.07, 6.45) is 0. The van der Waals surface area contributed by atoms with E-state index in [1.807, 2.05) is 36.4 Å². The standard InChI is InChI=1S/C75H59ClN4O2/c1-50-44-67(79(74-51(2)20-16-21-52(74)3)65-32-18-30-63(48-65)77(59-26-8-6-9-27-59)61-40-36-55(37-41-61)71-46-57-24-12-14-34-69(57)81-71)73(76)68(45-50)80(75-53(4)22-17-23-54(75)5)66-33-19-31-64(49-66)78(60-28-10-7-11-29-60)62-42-38-56(39-43-62)72-47-58-25-13-15-35-70(58)82-72/h6-49H,1-5H3. The first-order valence-electron chi connectivity index (χ1n) is 27.7. The van der Waals surface area contributed by atoms with Crippen LogP contribution >= 0.6 is 11.6 Å². The molecule has 0 spiro atoms. The molecule has 2 heterocycles. The Hall–Kier alpha value is -10.0. The Morgan fingerprint density at radius 2 is 0.598 bits per heavy atom. The van der Waals surface area contributed by atoms with Gasteiger partial charge >= 0.3 is 0 Å². The molecule has 0 unspecified atom stereocenters.